The van der Waals surface area contributed by atoms with E-state index in [9.17, 15) is 13.2 Å². The number of hydrogen-bond donors (Lipinski definition) is 2. The minimum absolute atomic E-state index is 0.00324. The van der Waals surface area contributed by atoms with Crippen molar-refractivity contribution in [3.63, 3.8) is 0 Å². The molecule has 0 aliphatic heterocycles. The SMILES string of the molecule is CCCn1cc(S(=O)(=O)NC(C)C(C)CC)cc1C(=O)O. The van der Waals surface area contributed by atoms with Gasteiger partial charge in [0, 0.05) is 18.8 Å². The molecule has 0 aliphatic rings. The van der Waals surface area contributed by atoms with Crippen molar-refractivity contribution in [1.29, 1.82) is 0 Å². The predicted octanol–water partition coefficient (Wildman–Crippen LogP) is 2.31. The maximum absolute atomic E-state index is 12.3. The summed E-state index contributed by atoms with van der Waals surface area (Å²) in [6.45, 7) is 8.15. The maximum atomic E-state index is 12.3. The molecular weight excluding hydrogens is 292 g/mol. The highest BCUT2D eigenvalue weighted by molar-refractivity contribution is 7.89. The molecule has 1 rings (SSSR count). The number of rotatable bonds is 8. The molecule has 1 aromatic rings. The molecule has 0 spiro atoms. The number of carbonyl (C=O) groups is 1. The lowest BCUT2D eigenvalue weighted by Crippen LogP contribution is -2.36. The van der Waals surface area contributed by atoms with Crippen molar-refractivity contribution in [3.8, 4) is 0 Å². The van der Waals surface area contributed by atoms with Gasteiger partial charge in [0.25, 0.3) is 0 Å². The molecular formula is C14H24N2O4S. The molecule has 2 N–H and O–H groups in total. The van der Waals surface area contributed by atoms with Crippen LogP contribution in [0, 0.1) is 5.92 Å². The molecule has 0 bridgehead atoms. The second kappa shape index (κ2) is 7.09. The van der Waals surface area contributed by atoms with Crippen LogP contribution in [0.4, 0.5) is 0 Å². The largest absolute Gasteiger partial charge is 0.477 e. The van der Waals surface area contributed by atoms with Crippen LogP contribution in [0.25, 0.3) is 0 Å². The van der Waals surface area contributed by atoms with Gasteiger partial charge in [0.15, 0.2) is 0 Å². The van der Waals surface area contributed by atoms with Gasteiger partial charge in [-0.15, -0.1) is 0 Å². The molecule has 2 atom stereocenters. The van der Waals surface area contributed by atoms with Crippen LogP contribution in [0.15, 0.2) is 17.2 Å². The Morgan fingerprint density at radius 3 is 2.48 bits per heavy atom. The Bertz CT molecular complexity index is 592. The summed E-state index contributed by atoms with van der Waals surface area (Å²) < 4.78 is 28.7. The Morgan fingerprint density at radius 2 is 2.00 bits per heavy atom. The highest BCUT2D eigenvalue weighted by Gasteiger charge is 2.24. The minimum Gasteiger partial charge on any atom is -0.477 e. The normalized spacial score (nSPS) is 14.9. The number of nitrogens with one attached hydrogen (secondary N) is 1. The number of carboxylic acids is 1. The van der Waals surface area contributed by atoms with Crippen LogP contribution >= 0.6 is 0 Å². The van der Waals surface area contributed by atoms with Crippen molar-refractivity contribution in [2.45, 2.75) is 58.0 Å². The summed E-state index contributed by atoms with van der Waals surface area (Å²) in [7, 11) is -3.70. The first-order chi connectivity index (χ1) is 9.72. The summed E-state index contributed by atoms with van der Waals surface area (Å²) in [5.41, 5.74) is -0.00609. The quantitative estimate of drug-likeness (QED) is 0.770. The first kappa shape index (κ1) is 17.7. The Labute approximate surface area is 126 Å². The van der Waals surface area contributed by atoms with E-state index in [1.165, 1.54) is 16.8 Å². The fourth-order valence-electron chi connectivity index (χ4n) is 2.02. The first-order valence-electron chi connectivity index (χ1n) is 7.18. The molecule has 1 heterocycles. The minimum atomic E-state index is -3.70. The molecule has 0 amide bonds. The van der Waals surface area contributed by atoms with Crippen LogP contribution < -0.4 is 4.72 Å². The van der Waals surface area contributed by atoms with E-state index in [2.05, 4.69) is 4.72 Å². The van der Waals surface area contributed by atoms with Crippen LogP contribution in [0.1, 0.15) is 51.0 Å². The zero-order valence-electron chi connectivity index (χ0n) is 13.0. The van der Waals surface area contributed by atoms with Crippen molar-refractivity contribution >= 4 is 16.0 Å². The lowest BCUT2D eigenvalue weighted by molar-refractivity contribution is 0.0685. The third-order valence-electron chi connectivity index (χ3n) is 3.70. The number of hydrogen-bond acceptors (Lipinski definition) is 3. The highest BCUT2D eigenvalue weighted by atomic mass is 32.2. The molecule has 21 heavy (non-hydrogen) atoms. The van der Waals surface area contributed by atoms with Gasteiger partial charge in [0.2, 0.25) is 10.0 Å². The van der Waals surface area contributed by atoms with E-state index < -0.39 is 16.0 Å². The highest BCUT2D eigenvalue weighted by Crippen LogP contribution is 2.17. The van der Waals surface area contributed by atoms with Crippen molar-refractivity contribution in [1.82, 2.24) is 9.29 Å². The van der Waals surface area contributed by atoms with Crippen LogP contribution in [-0.2, 0) is 16.6 Å². The third-order valence-corrected chi connectivity index (χ3v) is 5.23. The van der Waals surface area contributed by atoms with Gasteiger partial charge in [0.05, 0.1) is 0 Å². The monoisotopic (exact) mass is 316 g/mol. The number of carboxylic acid groups (broad SMARTS) is 1. The molecule has 0 aromatic carbocycles. The molecule has 6 nitrogen and oxygen atoms in total. The van der Waals surface area contributed by atoms with Crippen molar-refractivity contribution in [2.24, 2.45) is 5.92 Å². The number of aromatic nitrogens is 1. The molecule has 0 saturated heterocycles. The van der Waals surface area contributed by atoms with Gasteiger partial charge in [-0.2, -0.15) is 0 Å². The Balaban J connectivity index is 3.08. The van der Waals surface area contributed by atoms with E-state index in [1.807, 2.05) is 27.7 Å². The number of sulfonamides is 1. The average Bonchev–Trinajstić information content (AvgIpc) is 2.82. The summed E-state index contributed by atoms with van der Waals surface area (Å²) >= 11 is 0. The van der Waals surface area contributed by atoms with E-state index in [1.54, 1.807) is 0 Å². The number of aromatic carboxylic acids is 1. The smallest absolute Gasteiger partial charge is 0.352 e. The second-order valence-electron chi connectivity index (χ2n) is 5.36. The van der Waals surface area contributed by atoms with E-state index in [0.29, 0.717) is 6.54 Å². The summed E-state index contributed by atoms with van der Waals surface area (Å²) in [4.78, 5) is 11.2. The van der Waals surface area contributed by atoms with Crippen LogP contribution in [0.2, 0.25) is 0 Å². The van der Waals surface area contributed by atoms with Crippen molar-refractivity contribution < 1.29 is 18.3 Å². The van der Waals surface area contributed by atoms with Gasteiger partial charge in [-0.25, -0.2) is 17.9 Å². The molecule has 0 aliphatic carbocycles. The van der Waals surface area contributed by atoms with Gasteiger partial charge in [-0.1, -0.05) is 27.2 Å². The zero-order chi connectivity index (χ0) is 16.2. The standard InChI is InChI=1S/C14H24N2O4S/c1-5-7-16-9-12(8-13(16)14(17)18)21(19,20)15-11(4)10(3)6-2/h8-11,15H,5-7H2,1-4H3,(H,17,18). The molecule has 7 heteroatoms. The number of aryl methyl sites for hydroxylation is 1. The van der Waals surface area contributed by atoms with E-state index in [4.69, 9.17) is 5.11 Å². The summed E-state index contributed by atoms with van der Waals surface area (Å²) in [6.07, 6.45) is 2.98. The van der Waals surface area contributed by atoms with Gasteiger partial charge in [-0.05, 0) is 25.3 Å². The van der Waals surface area contributed by atoms with Gasteiger partial charge in [-0.3, -0.25) is 0 Å². The van der Waals surface area contributed by atoms with E-state index in [0.717, 1.165) is 12.8 Å². The Morgan fingerprint density at radius 1 is 1.38 bits per heavy atom. The molecule has 0 fully saturated rings. The molecule has 1 aromatic heterocycles. The maximum Gasteiger partial charge on any atom is 0.352 e. The summed E-state index contributed by atoms with van der Waals surface area (Å²) in [5.74, 6) is -0.920. The zero-order valence-corrected chi connectivity index (χ0v) is 13.8. The summed E-state index contributed by atoms with van der Waals surface area (Å²) in [5, 5.41) is 9.14. The van der Waals surface area contributed by atoms with Gasteiger partial charge < -0.3 is 9.67 Å². The molecule has 120 valence electrons. The van der Waals surface area contributed by atoms with E-state index >= 15 is 0 Å². The summed E-state index contributed by atoms with van der Waals surface area (Å²) in [6, 6.07) is 1.01. The van der Waals surface area contributed by atoms with Crippen LogP contribution in [-0.4, -0.2) is 30.1 Å². The first-order valence-corrected chi connectivity index (χ1v) is 8.67. The topological polar surface area (TPSA) is 88.4 Å². The fourth-order valence-corrected chi connectivity index (χ4v) is 3.41. The average molecular weight is 316 g/mol. The molecule has 0 radical (unpaired) electrons. The lowest BCUT2D eigenvalue weighted by Gasteiger charge is -2.19. The molecule has 2 unspecified atom stereocenters. The fraction of sp³-hybridized carbons (Fsp3) is 0.643. The van der Waals surface area contributed by atoms with Crippen LogP contribution in [0.3, 0.4) is 0 Å². The van der Waals surface area contributed by atoms with Crippen LogP contribution in [0.5, 0.6) is 0 Å². The number of nitrogens with zero attached hydrogens (tertiary/aromatic N) is 1. The van der Waals surface area contributed by atoms with E-state index in [-0.39, 0.29) is 22.5 Å². The second-order valence-corrected chi connectivity index (χ2v) is 7.07. The third kappa shape index (κ3) is 4.31. The Kier molecular flexibility index (Phi) is 5.98. The van der Waals surface area contributed by atoms with Gasteiger partial charge >= 0.3 is 5.97 Å². The molecule has 0 saturated carbocycles. The van der Waals surface area contributed by atoms with Crippen molar-refractivity contribution in [2.75, 3.05) is 0 Å². The van der Waals surface area contributed by atoms with Gasteiger partial charge in [0.1, 0.15) is 10.6 Å². The van der Waals surface area contributed by atoms with Crippen molar-refractivity contribution in [3.05, 3.63) is 18.0 Å². The lowest BCUT2D eigenvalue weighted by atomic mass is 10.0. The Hall–Kier alpha value is -1.34. The predicted molar refractivity (Wildman–Crippen MR) is 80.9 cm³/mol.